The fourth-order valence-electron chi connectivity index (χ4n) is 1.65. The highest BCUT2D eigenvalue weighted by molar-refractivity contribution is 7.89. The summed E-state index contributed by atoms with van der Waals surface area (Å²) in [6, 6.07) is 1.96. The van der Waals surface area contributed by atoms with Crippen molar-refractivity contribution in [2.45, 2.75) is 33.2 Å². The number of rotatable bonds is 8. The maximum absolute atomic E-state index is 11.4. The maximum atomic E-state index is 11.4. The molecule has 0 amide bonds. The molecular formula is C11H19N3O4S. The SMILES string of the molecule is Cc1cc(C)n(CCCNS(=O)(=O)CCC(=O)O)n1. The number of carbonyl (C=O) groups is 1. The highest BCUT2D eigenvalue weighted by Gasteiger charge is 2.11. The van der Waals surface area contributed by atoms with Gasteiger partial charge in [-0.3, -0.25) is 9.48 Å². The fourth-order valence-corrected chi connectivity index (χ4v) is 2.69. The number of carboxylic acid groups (broad SMARTS) is 1. The molecule has 1 aromatic rings. The maximum Gasteiger partial charge on any atom is 0.304 e. The van der Waals surface area contributed by atoms with Crippen LogP contribution >= 0.6 is 0 Å². The van der Waals surface area contributed by atoms with Crippen LogP contribution in [0.5, 0.6) is 0 Å². The molecule has 0 atom stereocenters. The zero-order valence-corrected chi connectivity index (χ0v) is 11.9. The van der Waals surface area contributed by atoms with Gasteiger partial charge in [-0.05, 0) is 26.3 Å². The van der Waals surface area contributed by atoms with Crippen LogP contribution in [0, 0.1) is 13.8 Å². The molecule has 8 heteroatoms. The van der Waals surface area contributed by atoms with Crippen LogP contribution in [0.2, 0.25) is 0 Å². The van der Waals surface area contributed by atoms with E-state index in [9.17, 15) is 13.2 Å². The monoisotopic (exact) mass is 289 g/mol. The van der Waals surface area contributed by atoms with Crippen molar-refractivity contribution in [3.05, 3.63) is 17.5 Å². The smallest absolute Gasteiger partial charge is 0.304 e. The van der Waals surface area contributed by atoms with Crippen LogP contribution in [0.3, 0.4) is 0 Å². The van der Waals surface area contributed by atoms with Crippen molar-refractivity contribution in [1.29, 1.82) is 0 Å². The van der Waals surface area contributed by atoms with Crippen molar-refractivity contribution in [3.8, 4) is 0 Å². The van der Waals surface area contributed by atoms with Gasteiger partial charge < -0.3 is 5.11 Å². The molecule has 1 heterocycles. The van der Waals surface area contributed by atoms with Crippen LogP contribution in [0.1, 0.15) is 24.2 Å². The van der Waals surface area contributed by atoms with E-state index in [2.05, 4.69) is 9.82 Å². The Kier molecular flexibility index (Phi) is 5.49. The van der Waals surface area contributed by atoms with Gasteiger partial charge in [0.15, 0.2) is 0 Å². The minimum Gasteiger partial charge on any atom is -0.481 e. The first kappa shape index (κ1) is 15.6. The highest BCUT2D eigenvalue weighted by atomic mass is 32.2. The van der Waals surface area contributed by atoms with Crippen molar-refractivity contribution < 1.29 is 18.3 Å². The Labute approximate surface area is 112 Å². The lowest BCUT2D eigenvalue weighted by Crippen LogP contribution is -2.29. The molecule has 108 valence electrons. The molecule has 0 spiro atoms. The summed E-state index contributed by atoms with van der Waals surface area (Å²) in [5.41, 5.74) is 1.96. The number of aromatic nitrogens is 2. The summed E-state index contributed by atoms with van der Waals surface area (Å²) in [6.07, 6.45) is 0.223. The molecule has 2 N–H and O–H groups in total. The van der Waals surface area contributed by atoms with Crippen LogP contribution in [0.4, 0.5) is 0 Å². The Balaban J connectivity index is 2.30. The Bertz CT molecular complexity index is 536. The summed E-state index contributed by atoms with van der Waals surface area (Å²) >= 11 is 0. The highest BCUT2D eigenvalue weighted by Crippen LogP contribution is 2.02. The molecule has 0 aliphatic heterocycles. The van der Waals surface area contributed by atoms with E-state index >= 15 is 0 Å². The molecule has 1 rings (SSSR count). The van der Waals surface area contributed by atoms with Gasteiger partial charge in [-0.25, -0.2) is 13.1 Å². The topological polar surface area (TPSA) is 101 Å². The predicted molar refractivity (Wildman–Crippen MR) is 70.4 cm³/mol. The minimum absolute atomic E-state index is 0.278. The average molecular weight is 289 g/mol. The summed E-state index contributed by atoms with van der Waals surface area (Å²) in [6.45, 7) is 4.75. The van der Waals surface area contributed by atoms with E-state index in [1.807, 2.05) is 24.6 Å². The number of sulfonamides is 1. The second-order valence-electron chi connectivity index (χ2n) is 4.36. The van der Waals surface area contributed by atoms with E-state index in [1.165, 1.54) is 0 Å². The molecule has 0 radical (unpaired) electrons. The van der Waals surface area contributed by atoms with Gasteiger partial charge in [0.1, 0.15) is 0 Å². The molecule has 0 saturated carbocycles. The molecule has 0 aliphatic rings. The molecule has 0 aromatic carbocycles. The number of carboxylic acids is 1. The van der Waals surface area contributed by atoms with Crippen LogP contribution < -0.4 is 4.72 Å². The Morgan fingerprint density at radius 3 is 2.68 bits per heavy atom. The largest absolute Gasteiger partial charge is 0.481 e. The van der Waals surface area contributed by atoms with Gasteiger partial charge in [0, 0.05) is 18.8 Å². The molecular weight excluding hydrogens is 270 g/mol. The van der Waals surface area contributed by atoms with E-state index in [1.54, 1.807) is 0 Å². The lowest BCUT2D eigenvalue weighted by molar-refractivity contribution is -0.136. The van der Waals surface area contributed by atoms with E-state index < -0.39 is 16.0 Å². The van der Waals surface area contributed by atoms with E-state index in [-0.39, 0.29) is 18.7 Å². The molecule has 0 saturated heterocycles. The lowest BCUT2D eigenvalue weighted by Gasteiger charge is -2.06. The standard InChI is InChI=1S/C11H19N3O4S/c1-9-8-10(2)14(13-9)6-3-5-12-19(17,18)7-4-11(15)16/h8,12H,3-7H2,1-2H3,(H,15,16). The summed E-state index contributed by atoms with van der Waals surface area (Å²) in [4.78, 5) is 10.3. The van der Waals surface area contributed by atoms with E-state index in [0.29, 0.717) is 13.0 Å². The summed E-state index contributed by atoms with van der Waals surface area (Å²) < 4.78 is 27.0. The molecule has 7 nitrogen and oxygen atoms in total. The summed E-state index contributed by atoms with van der Waals surface area (Å²) in [7, 11) is -3.50. The molecule has 1 aromatic heterocycles. The average Bonchev–Trinajstić information content (AvgIpc) is 2.61. The summed E-state index contributed by atoms with van der Waals surface area (Å²) in [5, 5.41) is 12.7. The normalized spacial score (nSPS) is 11.7. The first-order valence-electron chi connectivity index (χ1n) is 6.00. The first-order chi connectivity index (χ1) is 8.80. The van der Waals surface area contributed by atoms with Gasteiger partial charge in [0.05, 0.1) is 17.9 Å². The van der Waals surface area contributed by atoms with Crippen molar-refractivity contribution in [2.75, 3.05) is 12.3 Å². The zero-order chi connectivity index (χ0) is 14.5. The Morgan fingerprint density at radius 2 is 2.16 bits per heavy atom. The quantitative estimate of drug-likeness (QED) is 0.670. The van der Waals surface area contributed by atoms with Crippen LogP contribution in [-0.4, -0.2) is 41.6 Å². The zero-order valence-electron chi connectivity index (χ0n) is 11.1. The minimum atomic E-state index is -3.50. The Morgan fingerprint density at radius 1 is 1.47 bits per heavy atom. The molecule has 0 aliphatic carbocycles. The molecule has 0 bridgehead atoms. The Hall–Kier alpha value is -1.41. The first-order valence-corrected chi connectivity index (χ1v) is 7.65. The van der Waals surface area contributed by atoms with Gasteiger partial charge in [-0.15, -0.1) is 0 Å². The van der Waals surface area contributed by atoms with Crippen LogP contribution in [0.25, 0.3) is 0 Å². The lowest BCUT2D eigenvalue weighted by atomic mass is 10.4. The number of hydrogen-bond acceptors (Lipinski definition) is 4. The second kappa shape index (κ2) is 6.67. The molecule has 0 unspecified atom stereocenters. The van der Waals surface area contributed by atoms with Crippen LogP contribution in [-0.2, 0) is 21.4 Å². The summed E-state index contributed by atoms with van der Waals surface area (Å²) in [5.74, 6) is -1.50. The van der Waals surface area contributed by atoms with Gasteiger partial charge in [0.25, 0.3) is 0 Å². The van der Waals surface area contributed by atoms with Gasteiger partial charge in [-0.1, -0.05) is 0 Å². The van der Waals surface area contributed by atoms with Crippen molar-refractivity contribution in [1.82, 2.24) is 14.5 Å². The predicted octanol–water partition coefficient (Wildman–Crippen LogP) is 0.284. The second-order valence-corrected chi connectivity index (χ2v) is 6.29. The fraction of sp³-hybridized carbons (Fsp3) is 0.636. The number of aliphatic carboxylic acids is 1. The molecule has 0 fully saturated rings. The van der Waals surface area contributed by atoms with Crippen molar-refractivity contribution in [3.63, 3.8) is 0 Å². The molecule has 19 heavy (non-hydrogen) atoms. The van der Waals surface area contributed by atoms with E-state index in [4.69, 9.17) is 5.11 Å². The van der Waals surface area contributed by atoms with Gasteiger partial charge in [-0.2, -0.15) is 5.10 Å². The number of aryl methyl sites for hydroxylation is 3. The van der Waals surface area contributed by atoms with Crippen molar-refractivity contribution >= 4 is 16.0 Å². The third-order valence-corrected chi connectivity index (χ3v) is 3.94. The third-order valence-electron chi connectivity index (χ3n) is 2.56. The van der Waals surface area contributed by atoms with Crippen molar-refractivity contribution in [2.24, 2.45) is 0 Å². The van der Waals surface area contributed by atoms with Gasteiger partial charge >= 0.3 is 5.97 Å². The number of hydrogen-bond donors (Lipinski definition) is 2. The number of nitrogens with one attached hydrogen (secondary N) is 1. The number of nitrogens with zero attached hydrogens (tertiary/aromatic N) is 2. The van der Waals surface area contributed by atoms with E-state index in [0.717, 1.165) is 11.4 Å². The van der Waals surface area contributed by atoms with Gasteiger partial charge in [0.2, 0.25) is 10.0 Å². The van der Waals surface area contributed by atoms with Crippen LogP contribution in [0.15, 0.2) is 6.07 Å². The third kappa shape index (κ3) is 5.84.